The van der Waals surface area contributed by atoms with E-state index >= 15 is 0 Å². The molecule has 0 fully saturated rings. The SMILES string of the molecule is CC[S+]([O-])c1ccc(C(O)c2nc3c(Cl)c(-c4ccsc4)c(Cl)cc3[nH]2)cc1. The molecule has 0 bridgehead atoms. The molecule has 0 amide bonds. The van der Waals surface area contributed by atoms with E-state index in [9.17, 15) is 9.66 Å². The number of thiophene rings is 1. The zero-order chi connectivity index (χ0) is 19.8. The normalized spacial score (nSPS) is 13.8. The molecule has 2 heterocycles. The van der Waals surface area contributed by atoms with Gasteiger partial charge in [0.2, 0.25) is 0 Å². The van der Waals surface area contributed by atoms with Gasteiger partial charge in [0.1, 0.15) is 23.2 Å². The van der Waals surface area contributed by atoms with Crippen molar-refractivity contribution in [2.45, 2.75) is 17.9 Å². The number of benzene rings is 2. The van der Waals surface area contributed by atoms with E-state index in [-0.39, 0.29) is 0 Å². The molecule has 4 nitrogen and oxygen atoms in total. The van der Waals surface area contributed by atoms with Crippen LogP contribution >= 0.6 is 34.5 Å². The molecule has 0 radical (unpaired) electrons. The third kappa shape index (κ3) is 3.56. The van der Waals surface area contributed by atoms with Gasteiger partial charge in [0.25, 0.3) is 0 Å². The first-order chi connectivity index (χ1) is 13.5. The average Bonchev–Trinajstić information content (AvgIpc) is 3.37. The van der Waals surface area contributed by atoms with E-state index in [1.165, 1.54) is 0 Å². The Hall–Kier alpha value is -1.54. The minimum absolute atomic E-state index is 0.375. The average molecular weight is 451 g/mol. The maximum Gasteiger partial charge on any atom is 0.152 e. The van der Waals surface area contributed by atoms with Crippen LogP contribution < -0.4 is 0 Å². The van der Waals surface area contributed by atoms with Gasteiger partial charge in [0.15, 0.2) is 4.90 Å². The van der Waals surface area contributed by atoms with Crippen molar-refractivity contribution >= 4 is 56.7 Å². The van der Waals surface area contributed by atoms with Crippen LogP contribution in [0, 0.1) is 0 Å². The van der Waals surface area contributed by atoms with Crippen LogP contribution in [0.2, 0.25) is 10.0 Å². The number of hydrogen-bond acceptors (Lipinski definition) is 4. The summed E-state index contributed by atoms with van der Waals surface area (Å²) in [5.74, 6) is 0.928. The van der Waals surface area contributed by atoms with Gasteiger partial charge in [-0.05, 0) is 64.3 Å². The van der Waals surface area contributed by atoms with Gasteiger partial charge in [-0.15, -0.1) is 0 Å². The first-order valence-electron chi connectivity index (χ1n) is 8.56. The smallest absolute Gasteiger partial charge is 0.152 e. The van der Waals surface area contributed by atoms with Gasteiger partial charge in [0.05, 0.1) is 15.6 Å². The van der Waals surface area contributed by atoms with Gasteiger partial charge < -0.3 is 14.6 Å². The third-order valence-electron chi connectivity index (χ3n) is 4.48. The number of fused-ring (bicyclic) bond motifs is 1. The lowest BCUT2D eigenvalue weighted by molar-refractivity contribution is 0.211. The lowest BCUT2D eigenvalue weighted by Gasteiger charge is -2.11. The van der Waals surface area contributed by atoms with Crippen LogP contribution in [-0.2, 0) is 11.2 Å². The molecular weight excluding hydrogens is 435 g/mol. The van der Waals surface area contributed by atoms with Gasteiger partial charge >= 0.3 is 0 Å². The quantitative estimate of drug-likeness (QED) is 0.376. The maximum absolute atomic E-state index is 11.9. The molecule has 28 heavy (non-hydrogen) atoms. The molecule has 144 valence electrons. The Morgan fingerprint density at radius 2 is 2.00 bits per heavy atom. The van der Waals surface area contributed by atoms with Crippen LogP contribution in [-0.4, -0.2) is 25.4 Å². The second-order valence-electron chi connectivity index (χ2n) is 6.18. The highest BCUT2D eigenvalue weighted by molar-refractivity contribution is 7.91. The second-order valence-corrected chi connectivity index (χ2v) is 9.49. The highest BCUT2D eigenvalue weighted by Gasteiger charge is 2.20. The third-order valence-corrected chi connectivity index (χ3v) is 7.15. The fraction of sp³-hybridized carbons (Fsp3) is 0.150. The molecule has 8 heteroatoms. The molecule has 0 saturated carbocycles. The van der Waals surface area contributed by atoms with Crippen molar-refractivity contribution in [2.75, 3.05) is 5.75 Å². The first-order valence-corrected chi connectivity index (χ1v) is 11.6. The molecule has 0 aliphatic carbocycles. The summed E-state index contributed by atoms with van der Waals surface area (Å²) >= 11 is 13.6. The zero-order valence-electron chi connectivity index (χ0n) is 14.8. The fourth-order valence-electron chi connectivity index (χ4n) is 3.03. The molecular formula is C20H16Cl2N2O2S2. The number of aromatic amines is 1. The Labute approximate surface area is 179 Å². The predicted molar refractivity (Wildman–Crippen MR) is 117 cm³/mol. The van der Waals surface area contributed by atoms with Crippen molar-refractivity contribution in [3.05, 3.63) is 68.6 Å². The van der Waals surface area contributed by atoms with Crippen LogP contribution in [0.3, 0.4) is 0 Å². The van der Waals surface area contributed by atoms with Crippen LogP contribution in [0.4, 0.5) is 0 Å². The van der Waals surface area contributed by atoms with E-state index in [1.54, 1.807) is 41.7 Å². The Balaban J connectivity index is 1.72. The van der Waals surface area contributed by atoms with Crippen molar-refractivity contribution < 1.29 is 9.66 Å². The summed E-state index contributed by atoms with van der Waals surface area (Å²) in [6, 6.07) is 10.8. The van der Waals surface area contributed by atoms with Crippen LogP contribution in [0.15, 0.2) is 52.1 Å². The summed E-state index contributed by atoms with van der Waals surface area (Å²) in [5.41, 5.74) is 3.54. The molecule has 2 aromatic carbocycles. The first kappa shape index (κ1) is 19.8. The number of aliphatic hydroxyl groups is 1. The lowest BCUT2D eigenvalue weighted by Crippen LogP contribution is -2.05. The summed E-state index contributed by atoms with van der Waals surface area (Å²) in [7, 11) is 0. The second kappa shape index (κ2) is 8.06. The summed E-state index contributed by atoms with van der Waals surface area (Å²) in [5, 5.41) is 15.7. The van der Waals surface area contributed by atoms with E-state index in [1.807, 2.05) is 23.8 Å². The number of nitrogens with one attached hydrogen (secondary N) is 1. The van der Waals surface area contributed by atoms with Gasteiger partial charge in [-0.1, -0.05) is 35.3 Å². The standard InChI is InChI=1S/C20H16Cl2N2O2S2/c1-2-28(26)13-5-3-11(4-6-13)19(25)20-23-15-9-14(21)16(12-7-8-27-10-12)17(22)18(15)24-20/h3-10,19,25H,2H2,1H3,(H,23,24). The van der Waals surface area contributed by atoms with Crippen molar-refractivity contribution in [1.29, 1.82) is 0 Å². The van der Waals surface area contributed by atoms with E-state index < -0.39 is 17.3 Å². The predicted octanol–water partition coefficient (Wildman–Crippen LogP) is 5.81. The number of nitrogens with zero attached hydrogens (tertiary/aromatic N) is 1. The number of rotatable bonds is 5. The topological polar surface area (TPSA) is 72.0 Å². The van der Waals surface area contributed by atoms with Gasteiger partial charge in [-0.25, -0.2) is 4.98 Å². The molecule has 4 aromatic rings. The van der Waals surface area contributed by atoms with Gasteiger partial charge in [0, 0.05) is 5.56 Å². The summed E-state index contributed by atoms with van der Waals surface area (Å²) in [6.45, 7) is 1.87. The Kier molecular flexibility index (Phi) is 5.69. The summed E-state index contributed by atoms with van der Waals surface area (Å²) in [4.78, 5) is 8.36. The number of imidazole rings is 1. The van der Waals surface area contributed by atoms with Crippen molar-refractivity contribution in [1.82, 2.24) is 9.97 Å². The van der Waals surface area contributed by atoms with Crippen LogP contribution in [0.25, 0.3) is 22.2 Å². The molecule has 2 atom stereocenters. The van der Waals surface area contributed by atoms with Crippen molar-refractivity contribution in [3.8, 4) is 11.1 Å². The molecule has 2 aromatic heterocycles. The van der Waals surface area contributed by atoms with Gasteiger partial charge in [-0.3, -0.25) is 0 Å². The molecule has 4 rings (SSSR count). The van der Waals surface area contributed by atoms with E-state index in [0.29, 0.717) is 38.2 Å². The lowest BCUT2D eigenvalue weighted by atomic mass is 10.1. The number of aromatic nitrogens is 2. The van der Waals surface area contributed by atoms with Crippen molar-refractivity contribution in [2.24, 2.45) is 0 Å². The number of H-pyrrole nitrogens is 1. The van der Waals surface area contributed by atoms with Crippen LogP contribution in [0.1, 0.15) is 24.4 Å². The summed E-state index contributed by atoms with van der Waals surface area (Å²) < 4.78 is 11.9. The Morgan fingerprint density at radius 3 is 2.64 bits per heavy atom. The summed E-state index contributed by atoms with van der Waals surface area (Å²) in [6.07, 6.45) is -0.962. The van der Waals surface area contributed by atoms with E-state index in [0.717, 1.165) is 16.0 Å². The maximum atomic E-state index is 11.9. The monoisotopic (exact) mass is 450 g/mol. The Bertz CT molecular complexity index is 1110. The van der Waals surface area contributed by atoms with Crippen molar-refractivity contribution in [3.63, 3.8) is 0 Å². The highest BCUT2D eigenvalue weighted by atomic mass is 35.5. The molecule has 0 saturated heterocycles. The minimum atomic E-state index is -1.03. The number of halogens is 2. The number of aliphatic hydroxyl groups excluding tert-OH is 1. The fourth-order valence-corrected chi connectivity index (χ4v) is 5.16. The van der Waals surface area contributed by atoms with Gasteiger partial charge in [-0.2, -0.15) is 11.3 Å². The molecule has 0 spiro atoms. The molecule has 2 unspecified atom stereocenters. The molecule has 0 aliphatic heterocycles. The Morgan fingerprint density at radius 1 is 1.25 bits per heavy atom. The zero-order valence-corrected chi connectivity index (χ0v) is 17.9. The minimum Gasteiger partial charge on any atom is -0.611 e. The largest absolute Gasteiger partial charge is 0.611 e. The molecule has 2 N–H and O–H groups in total. The van der Waals surface area contributed by atoms with E-state index in [2.05, 4.69) is 9.97 Å². The van der Waals surface area contributed by atoms with E-state index in [4.69, 9.17) is 23.2 Å². The van der Waals surface area contributed by atoms with Crippen LogP contribution in [0.5, 0.6) is 0 Å². The highest BCUT2D eigenvalue weighted by Crippen LogP contribution is 2.40. The number of hydrogen-bond donors (Lipinski definition) is 2. The molecule has 0 aliphatic rings.